The number of rotatable bonds is 8. The van der Waals surface area contributed by atoms with E-state index >= 15 is 0 Å². The summed E-state index contributed by atoms with van der Waals surface area (Å²) in [7, 11) is 1.59. The number of benzene rings is 3. The summed E-state index contributed by atoms with van der Waals surface area (Å²) in [5.74, 6) is -0.128. The van der Waals surface area contributed by atoms with Crippen molar-refractivity contribution in [3.63, 3.8) is 0 Å². The predicted molar refractivity (Wildman–Crippen MR) is 136 cm³/mol. The lowest BCUT2D eigenvalue weighted by Crippen LogP contribution is -2.28. The molecule has 1 fully saturated rings. The van der Waals surface area contributed by atoms with Gasteiger partial charge in [-0.3, -0.25) is 14.4 Å². The van der Waals surface area contributed by atoms with Gasteiger partial charge in [0.1, 0.15) is 17.2 Å². The molecule has 1 atom stereocenters. The zero-order valence-electron chi connectivity index (χ0n) is 19.2. The molecule has 1 heterocycles. The highest BCUT2D eigenvalue weighted by Gasteiger charge is 2.36. The van der Waals surface area contributed by atoms with Gasteiger partial charge in [-0.05, 0) is 66.7 Å². The third-order valence-electron chi connectivity index (χ3n) is 5.45. The van der Waals surface area contributed by atoms with Crippen LogP contribution in [0.5, 0.6) is 17.2 Å². The van der Waals surface area contributed by atoms with E-state index in [-0.39, 0.29) is 18.9 Å². The fourth-order valence-corrected chi connectivity index (χ4v) is 3.96. The molecule has 1 N–H and O–H groups in total. The summed E-state index contributed by atoms with van der Waals surface area (Å²) in [5.41, 5.74) is 0.942. The van der Waals surface area contributed by atoms with Gasteiger partial charge < -0.3 is 24.4 Å². The number of carbonyl (C=O) groups excluding carboxylic acids is 3. The number of nitrogens with zero attached hydrogens (tertiary/aromatic N) is 1. The molecule has 0 aromatic heterocycles. The molecule has 1 aliphatic rings. The highest BCUT2D eigenvalue weighted by atomic mass is 35.5. The molecule has 2 amide bonds. The lowest BCUT2D eigenvalue weighted by atomic mass is 10.1. The van der Waals surface area contributed by atoms with Crippen molar-refractivity contribution in [2.24, 2.45) is 5.92 Å². The van der Waals surface area contributed by atoms with E-state index in [1.54, 1.807) is 67.8 Å². The zero-order valence-corrected chi connectivity index (χ0v) is 20.7. The Morgan fingerprint density at radius 2 is 1.61 bits per heavy atom. The maximum Gasteiger partial charge on any atom is 0.311 e. The lowest BCUT2D eigenvalue weighted by Gasteiger charge is -2.17. The molecule has 3 aromatic carbocycles. The minimum Gasteiger partial charge on any atom is -0.497 e. The molecule has 0 aliphatic carbocycles. The van der Waals surface area contributed by atoms with Crippen LogP contribution in [0.4, 0.5) is 11.4 Å². The Balaban J connectivity index is 1.29. The van der Waals surface area contributed by atoms with Crippen molar-refractivity contribution in [3.05, 3.63) is 76.8 Å². The second kappa shape index (κ2) is 11.3. The van der Waals surface area contributed by atoms with E-state index in [1.165, 1.54) is 11.0 Å². The van der Waals surface area contributed by atoms with Crippen molar-refractivity contribution in [1.29, 1.82) is 0 Å². The summed E-state index contributed by atoms with van der Waals surface area (Å²) in [6.07, 6.45) is -0.00925. The lowest BCUT2D eigenvalue weighted by molar-refractivity contribution is -0.151. The van der Waals surface area contributed by atoms with Crippen molar-refractivity contribution in [2.45, 2.75) is 6.42 Å². The van der Waals surface area contributed by atoms with Crippen LogP contribution in [0.2, 0.25) is 10.0 Å². The molecule has 4 rings (SSSR count). The molecule has 0 bridgehead atoms. The van der Waals surface area contributed by atoms with Crippen molar-refractivity contribution >= 4 is 52.4 Å². The van der Waals surface area contributed by atoms with Gasteiger partial charge in [0.25, 0.3) is 5.91 Å². The van der Waals surface area contributed by atoms with E-state index < -0.39 is 24.4 Å². The van der Waals surface area contributed by atoms with E-state index in [4.69, 9.17) is 37.4 Å². The number of hydrogen-bond donors (Lipinski definition) is 1. The van der Waals surface area contributed by atoms with E-state index in [0.717, 1.165) is 5.75 Å². The molecule has 3 aromatic rings. The summed E-state index contributed by atoms with van der Waals surface area (Å²) < 4.78 is 16.1. The van der Waals surface area contributed by atoms with E-state index in [0.29, 0.717) is 32.9 Å². The second-order valence-corrected chi connectivity index (χ2v) is 8.80. The first-order chi connectivity index (χ1) is 17.3. The summed E-state index contributed by atoms with van der Waals surface area (Å²) in [6.45, 7) is -0.359. The SMILES string of the molecule is COc1ccc(Oc2ccc(N3C[C@@H](C(=O)OCC(=O)Nc4cc(Cl)ccc4Cl)CC3=O)cc2)cc1. The maximum atomic E-state index is 12.5. The average Bonchev–Trinajstić information content (AvgIpc) is 3.27. The van der Waals surface area contributed by atoms with E-state index in [9.17, 15) is 14.4 Å². The van der Waals surface area contributed by atoms with Crippen molar-refractivity contribution in [2.75, 3.05) is 30.5 Å². The Kier molecular flexibility index (Phi) is 7.97. The van der Waals surface area contributed by atoms with Crippen LogP contribution in [0.3, 0.4) is 0 Å². The van der Waals surface area contributed by atoms with Crippen LogP contribution in [-0.4, -0.2) is 38.0 Å². The van der Waals surface area contributed by atoms with Crippen molar-refractivity contribution in [1.82, 2.24) is 0 Å². The van der Waals surface area contributed by atoms with Crippen molar-refractivity contribution < 1.29 is 28.6 Å². The Morgan fingerprint density at radius 3 is 2.28 bits per heavy atom. The third-order valence-corrected chi connectivity index (χ3v) is 6.01. The van der Waals surface area contributed by atoms with Crippen LogP contribution < -0.4 is 19.7 Å². The van der Waals surface area contributed by atoms with Crippen LogP contribution in [0.25, 0.3) is 0 Å². The Labute approximate surface area is 217 Å². The Morgan fingerprint density at radius 1 is 0.972 bits per heavy atom. The summed E-state index contributed by atoms with van der Waals surface area (Å²) >= 11 is 11.9. The predicted octanol–water partition coefficient (Wildman–Crippen LogP) is 5.33. The van der Waals surface area contributed by atoms with Gasteiger partial charge >= 0.3 is 5.97 Å². The van der Waals surface area contributed by atoms with Crippen molar-refractivity contribution in [3.8, 4) is 17.2 Å². The van der Waals surface area contributed by atoms with Gasteiger partial charge in [-0.1, -0.05) is 23.2 Å². The molecule has 8 nitrogen and oxygen atoms in total. The monoisotopic (exact) mass is 528 g/mol. The normalized spacial score (nSPS) is 14.9. The van der Waals surface area contributed by atoms with Gasteiger partial charge in [-0.25, -0.2) is 0 Å². The van der Waals surface area contributed by atoms with Crippen LogP contribution in [-0.2, 0) is 19.1 Å². The highest BCUT2D eigenvalue weighted by Crippen LogP contribution is 2.30. The minimum absolute atomic E-state index is 0.00925. The smallest absolute Gasteiger partial charge is 0.311 e. The molecule has 1 aliphatic heterocycles. The highest BCUT2D eigenvalue weighted by molar-refractivity contribution is 6.35. The van der Waals surface area contributed by atoms with Gasteiger partial charge in [0.05, 0.1) is 23.7 Å². The molecule has 0 radical (unpaired) electrons. The fourth-order valence-electron chi connectivity index (χ4n) is 3.62. The first-order valence-corrected chi connectivity index (χ1v) is 11.7. The summed E-state index contributed by atoms with van der Waals surface area (Å²) in [6, 6.07) is 18.8. The van der Waals surface area contributed by atoms with Crippen LogP contribution in [0.1, 0.15) is 6.42 Å². The third kappa shape index (κ3) is 6.27. The van der Waals surface area contributed by atoms with Crippen LogP contribution in [0, 0.1) is 5.92 Å². The number of hydrogen-bond acceptors (Lipinski definition) is 6. The fraction of sp³-hybridized carbons (Fsp3) is 0.192. The van der Waals surface area contributed by atoms with Crippen LogP contribution in [0.15, 0.2) is 66.7 Å². The number of halogens is 2. The standard InChI is InChI=1S/C26H22Cl2N2O6/c1-34-19-7-9-21(10-8-19)36-20-5-3-18(4-6-20)30-14-16(12-25(30)32)26(33)35-15-24(31)29-23-13-17(27)2-11-22(23)28/h2-11,13,16H,12,14-15H2,1H3,(H,29,31)/t16-/m0/s1. The van der Waals surface area contributed by atoms with Gasteiger partial charge in [-0.2, -0.15) is 0 Å². The number of methoxy groups -OCH3 is 1. The number of esters is 1. The minimum atomic E-state index is -0.685. The molecule has 0 unspecified atom stereocenters. The number of carbonyl (C=O) groups is 3. The molecule has 0 saturated carbocycles. The second-order valence-electron chi connectivity index (χ2n) is 7.96. The largest absolute Gasteiger partial charge is 0.497 e. The number of ether oxygens (including phenoxy) is 3. The molecule has 36 heavy (non-hydrogen) atoms. The van der Waals surface area contributed by atoms with Gasteiger partial charge in [0.2, 0.25) is 5.91 Å². The first-order valence-electron chi connectivity index (χ1n) is 11.0. The van der Waals surface area contributed by atoms with E-state index in [1.807, 2.05) is 0 Å². The first kappa shape index (κ1) is 25.3. The quantitative estimate of drug-likeness (QED) is 0.397. The molecular formula is C26H22Cl2N2O6. The molecule has 0 spiro atoms. The number of anilines is 2. The molecule has 1 saturated heterocycles. The van der Waals surface area contributed by atoms with Crippen LogP contribution >= 0.6 is 23.2 Å². The molecule has 10 heteroatoms. The zero-order chi connectivity index (χ0) is 25.7. The van der Waals surface area contributed by atoms with Gasteiger partial charge in [0, 0.05) is 23.7 Å². The summed E-state index contributed by atoms with van der Waals surface area (Å²) in [5, 5.41) is 3.24. The molecular weight excluding hydrogens is 507 g/mol. The van der Waals surface area contributed by atoms with E-state index in [2.05, 4.69) is 5.32 Å². The maximum absolute atomic E-state index is 12.5. The molecule has 186 valence electrons. The van der Waals surface area contributed by atoms with Gasteiger partial charge in [-0.15, -0.1) is 0 Å². The Hall–Kier alpha value is -3.75. The topological polar surface area (TPSA) is 94.2 Å². The number of nitrogens with one attached hydrogen (secondary N) is 1. The average molecular weight is 529 g/mol. The number of amides is 2. The summed E-state index contributed by atoms with van der Waals surface area (Å²) in [4.78, 5) is 38.7. The van der Waals surface area contributed by atoms with Gasteiger partial charge in [0.15, 0.2) is 6.61 Å². The Bertz CT molecular complexity index is 1260.